The molecule has 0 spiro atoms. The number of carbonyl (C=O) groups excluding carboxylic acids is 1. The molecule has 0 aliphatic heterocycles. The maximum atomic E-state index is 12.7. The van der Waals surface area contributed by atoms with Crippen molar-refractivity contribution in [2.24, 2.45) is 27.2 Å². The Morgan fingerprint density at radius 3 is 2.24 bits per heavy atom. The first-order valence-corrected chi connectivity index (χ1v) is 7.25. The van der Waals surface area contributed by atoms with Crippen LogP contribution in [-0.4, -0.2) is 31.9 Å². The van der Waals surface area contributed by atoms with Gasteiger partial charge in [-0.2, -0.15) is 4.99 Å². The zero-order valence-electron chi connectivity index (χ0n) is 13.9. The zero-order valence-corrected chi connectivity index (χ0v) is 13.9. The summed E-state index contributed by atoms with van der Waals surface area (Å²) in [6, 6.07) is 11.6. The fourth-order valence-corrected chi connectivity index (χ4v) is 2.15. The van der Waals surface area contributed by atoms with E-state index in [-0.39, 0.29) is 17.7 Å². The molecule has 25 heavy (non-hydrogen) atoms. The second-order valence-electron chi connectivity index (χ2n) is 4.96. The van der Waals surface area contributed by atoms with Gasteiger partial charge in [0.05, 0.1) is 19.9 Å². The van der Waals surface area contributed by atoms with Gasteiger partial charge >= 0.3 is 0 Å². The normalized spacial score (nSPS) is 10.9. The van der Waals surface area contributed by atoms with Crippen LogP contribution >= 0.6 is 0 Å². The maximum absolute atomic E-state index is 12.7. The van der Waals surface area contributed by atoms with Crippen LogP contribution in [0.3, 0.4) is 0 Å². The molecule has 0 saturated heterocycles. The third-order valence-electron chi connectivity index (χ3n) is 3.24. The van der Waals surface area contributed by atoms with Crippen LogP contribution in [0.2, 0.25) is 0 Å². The number of ketones is 1. The second kappa shape index (κ2) is 7.82. The van der Waals surface area contributed by atoms with E-state index < -0.39 is 0 Å². The SMILES string of the molecule is COc1ccc(C(=O)c2cccc(N=C(N)N=C(N)N)c2)cc1OC. The molecule has 6 N–H and O–H groups in total. The summed E-state index contributed by atoms with van der Waals surface area (Å²) >= 11 is 0. The van der Waals surface area contributed by atoms with Crippen molar-refractivity contribution in [3.63, 3.8) is 0 Å². The minimum Gasteiger partial charge on any atom is -0.493 e. The van der Waals surface area contributed by atoms with Gasteiger partial charge in [-0.1, -0.05) is 12.1 Å². The number of hydrogen-bond donors (Lipinski definition) is 3. The summed E-state index contributed by atoms with van der Waals surface area (Å²) in [4.78, 5) is 20.4. The van der Waals surface area contributed by atoms with E-state index in [0.29, 0.717) is 28.3 Å². The predicted molar refractivity (Wildman–Crippen MR) is 96.5 cm³/mol. The first-order chi connectivity index (χ1) is 11.9. The molecule has 0 fully saturated rings. The molecule has 130 valence electrons. The predicted octanol–water partition coefficient (Wildman–Crippen LogP) is 1.15. The molecule has 2 aromatic carbocycles. The number of benzene rings is 2. The molecule has 0 aromatic heterocycles. The van der Waals surface area contributed by atoms with Crippen molar-refractivity contribution >= 4 is 23.4 Å². The Kier molecular flexibility index (Phi) is 5.57. The van der Waals surface area contributed by atoms with Crippen LogP contribution in [0.1, 0.15) is 15.9 Å². The largest absolute Gasteiger partial charge is 0.493 e. The quantitative estimate of drug-likeness (QED) is 0.424. The fraction of sp³-hybridized carbons (Fsp3) is 0.118. The van der Waals surface area contributed by atoms with E-state index in [0.717, 1.165) is 0 Å². The van der Waals surface area contributed by atoms with Gasteiger partial charge in [0.15, 0.2) is 23.2 Å². The van der Waals surface area contributed by atoms with Crippen LogP contribution in [0.25, 0.3) is 0 Å². The van der Waals surface area contributed by atoms with Gasteiger partial charge in [0.1, 0.15) is 0 Å². The summed E-state index contributed by atoms with van der Waals surface area (Å²) in [6.45, 7) is 0. The molecule has 8 nitrogen and oxygen atoms in total. The Labute approximate surface area is 145 Å². The summed E-state index contributed by atoms with van der Waals surface area (Å²) in [5.41, 5.74) is 17.4. The van der Waals surface area contributed by atoms with Gasteiger partial charge in [-0.05, 0) is 30.3 Å². The summed E-state index contributed by atoms with van der Waals surface area (Å²) in [5, 5.41) is 0. The Morgan fingerprint density at radius 1 is 0.920 bits per heavy atom. The number of hydrogen-bond acceptors (Lipinski definition) is 4. The lowest BCUT2D eigenvalue weighted by Crippen LogP contribution is -2.26. The van der Waals surface area contributed by atoms with Gasteiger partial charge in [0.2, 0.25) is 5.96 Å². The highest BCUT2D eigenvalue weighted by atomic mass is 16.5. The molecule has 0 saturated carbocycles. The monoisotopic (exact) mass is 341 g/mol. The number of ether oxygens (including phenoxy) is 2. The van der Waals surface area contributed by atoms with E-state index in [9.17, 15) is 4.79 Å². The van der Waals surface area contributed by atoms with Crippen LogP contribution in [0, 0.1) is 0 Å². The van der Waals surface area contributed by atoms with Gasteiger partial charge in [-0.3, -0.25) is 4.79 Å². The van der Waals surface area contributed by atoms with Crippen molar-refractivity contribution < 1.29 is 14.3 Å². The first kappa shape index (κ1) is 17.8. The van der Waals surface area contributed by atoms with Gasteiger partial charge in [-0.15, -0.1) is 0 Å². The van der Waals surface area contributed by atoms with Crippen LogP contribution in [-0.2, 0) is 0 Å². The second-order valence-corrected chi connectivity index (χ2v) is 4.96. The Balaban J connectivity index is 2.35. The Morgan fingerprint density at radius 2 is 1.60 bits per heavy atom. The number of nitrogens with two attached hydrogens (primary N) is 3. The highest BCUT2D eigenvalue weighted by Gasteiger charge is 2.13. The molecule has 0 unspecified atom stereocenters. The third-order valence-corrected chi connectivity index (χ3v) is 3.24. The molecule has 0 amide bonds. The number of methoxy groups -OCH3 is 2. The molecule has 0 aliphatic carbocycles. The van der Waals surface area contributed by atoms with Crippen molar-refractivity contribution in [3.8, 4) is 11.5 Å². The fourth-order valence-electron chi connectivity index (χ4n) is 2.15. The molecule has 0 bridgehead atoms. The van der Waals surface area contributed by atoms with Gasteiger partial charge in [0.25, 0.3) is 0 Å². The van der Waals surface area contributed by atoms with Gasteiger partial charge in [0, 0.05) is 11.1 Å². The minimum atomic E-state index is -0.196. The Hall–Kier alpha value is -3.55. The lowest BCUT2D eigenvalue weighted by atomic mass is 10.0. The number of guanidine groups is 2. The summed E-state index contributed by atoms with van der Waals surface area (Å²) in [6.07, 6.45) is 0. The topological polar surface area (TPSA) is 138 Å². The van der Waals surface area contributed by atoms with Crippen LogP contribution in [0.15, 0.2) is 52.4 Å². The van der Waals surface area contributed by atoms with Crippen molar-refractivity contribution in [2.45, 2.75) is 0 Å². The van der Waals surface area contributed by atoms with Crippen LogP contribution < -0.4 is 26.7 Å². The number of carbonyl (C=O) groups is 1. The van der Waals surface area contributed by atoms with Crippen molar-refractivity contribution in [1.29, 1.82) is 0 Å². The lowest BCUT2D eigenvalue weighted by molar-refractivity contribution is 0.103. The summed E-state index contributed by atoms with van der Waals surface area (Å²) < 4.78 is 10.4. The molecular weight excluding hydrogens is 322 g/mol. The molecule has 8 heteroatoms. The average Bonchev–Trinajstić information content (AvgIpc) is 2.59. The maximum Gasteiger partial charge on any atom is 0.223 e. The lowest BCUT2D eigenvalue weighted by Gasteiger charge is -2.09. The molecule has 0 atom stereocenters. The van der Waals surface area contributed by atoms with E-state index in [1.165, 1.54) is 14.2 Å². The Bertz CT molecular complexity index is 842. The highest BCUT2D eigenvalue weighted by molar-refractivity contribution is 6.09. The smallest absolute Gasteiger partial charge is 0.223 e. The number of nitrogens with zero attached hydrogens (tertiary/aromatic N) is 2. The minimum absolute atomic E-state index is 0.101. The standard InChI is InChI=1S/C17H19N5O3/c1-24-13-7-6-11(9-14(13)25-2)15(23)10-4-3-5-12(8-10)21-17(20)22-16(18)19/h3-9H,1-2H3,(H6,18,19,20,21,22). The number of aliphatic imine (C=N–C) groups is 2. The molecular formula is C17H19N5O3. The van der Waals surface area contributed by atoms with Crippen LogP contribution in [0.5, 0.6) is 11.5 Å². The van der Waals surface area contributed by atoms with Crippen molar-refractivity contribution in [3.05, 3.63) is 53.6 Å². The van der Waals surface area contributed by atoms with E-state index >= 15 is 0 Å². The van der Waals surface area contributed by atoms with E-state index in [1.807, 2.05) is 0 Å². The van der Waals surface area contributed by atoms with Crippen molar-refractivity contribution in [1.82, 2.24) is 0 Å². The highest BCUT2D eigenvalue weighted by Crippen LogP contribution is 2.29. The van der Waals surface area contributed by atoms with E-state index in [4.69, 9.17) is 26.7 Å². The third kappa shape index (κ3) is 4.47. The molecule has 0 heterocycles. The van der Waals surface area contributed by atoms with E-state index in [1.54, 1.807) is 42.5 Å². The van der Waals surface area contributed by atoms with E-state index in [2.05, 4.69) is 9.98 Å². The molecule has 0 aliphatic rings. The molecule has 0 radical (unpaired) electrons. The first-order valence-electron chi connectivity index (χ1n) is 7.25. The summed E-state index contributed by atoms with van der Waals surface area (Å²) in [5.74, 6) is 0.523. The summed E-state index contributed by atoms with van der Waals surface area (Å²) in [7, 11) is 3.04. The number of rotatable bonds is 5. The zero-order chi connectivity index (χ0) is 18.4. The van der Waals surface area contributed by atoms with Gasteiger partial charge in [-0.25, -0.2) is 4.99 Å². The molecule has 2 aromatic rings. The van der Waals surface area contributed by atoms with Gasteiger partial charge < -0.3 is 26.7 Å². The van der Waals surface area contributed by atoms with Crippen LogP contribution in [0.4, 0.5) is 5.69 Å². The average molecular weight is 341 g/mol. The van der Waals surface area contributed by atoms with Crippen molar-refractivity contribution in [2.75, 3.05) is 14.2 Å². The molecule has 2 rings (SSSR count).